The van der Waals surface area contributed by atoms with Crippen LogP contribution in [0.5, 0.6) is 0 Å². The number of anilines is 1. The summed E-state index contributed by atoms with van der Waals surface area (Å²) < 4.78 is 0. The Labute approximate surface area is 97.5 Å². The zero-order chi connectivity index (χ0) is 12.6. The molecule has 0 radical (unpaired) electrons. The minimum atomic E-state index is -0.800. The molecular formula is C10H13N3O4. The number of aliphatic hydroxyl groups excluding tert-OH is 2. The van der Waals surface area contributed by atoms with E-state index in [2.05, 4.69) is 4.98 Å². The number of aromatic nitrogens is 1. The number of hydrogen-bond donors (Lipinski definition) is 2. The van der Waals surface area contributed by atoms with Crippen LogP contribution in [-0.2, 0) is 0 Å². The number of pyridine rings is 1. The van der Waals surface area contributed by atoms with Gasteiger partial charge in [0.05, 0.1) is 17.1 Å². The number of rotatable bonds is 2. The average molecular weight is 239 g/mol. The Hall–Kier alpha value is -1.73. The fourth-order valence-electron chi connectivity index (χ4n) is 1.93. The zero-order valence-electron chi connectivity index (χ0n) is 9.28. The minimum Gasteiger partial charge on any atom is -0.389 e. The third-order valence-corrected chi connectivity index (χ3v) is 2.81. The van der Waals surface area contributed by atoms with Crippen molar-refractivity contribution in [1.29, 1.82) is 0 Å². The predicted molar refractivity (Wildman–Crippen MR) is 59.9 cm³/mol. The van der Waals surface area contributed by atoms with E-state index >= 15 is 0 Å². The normalized spacial score (nSPS) is 24.1. The first-order valence-corrected chi connectivity index (χ1v) is 5.21. The first kappa shape index (κ1) is 11.7. The molecule has 7 nitrogen and oxygen atoms in total. The van der Waals surface area contributed by atoms with Crippen LogP contribution >= 0.6 is 0 Å². The molecule has 2 unspecified atom stereocenters. The highest BCUT2D eigenvalue weighted by molar-refractivity contribution is 5.51. The minimum absolute atomic E-state index is 0.0634. The molecule has 7 heteroatoms. The molecule has 0 saturated carbocycles. The third-order valence-electron chi connectivity index (χ3n) is 2.81. The first-order valence-electron chi connectivity index (χ1n) is 5.21. The van der Waals surface area contributed by atoms with E-state index in [0.717, 1.165) is 0 Å². The van der Waals surface area contributed by atoms with Crippen LogP contribution < -0.4 is 4.90 Å². The standard InChI is InChI=1S/C10H13N3O4/c1-6-2-7(13(16)17)3-11-10(6)12-4-8(14)9(15)5-12/h2-3,8-9,14-15H,4-5H2,1H3. The van der Waals surface area contributed by atoms with Crippen molar-refractivity contribution < 1.29 is 15.1 Å². The van der Waals surface area contributed by atoms with E-state index in [1.165, 1.54) is 12.3 Å². The highest BCUT2D eigenvalue weighted by atomic mass is 16.6. The molecule has 1 aliphatic rings. The van der Waals surface area contributed by atoms with E-state index in [1.54, 1.807) is 11.8 Å². The summed E-state index contributed by atoms with van der Waals surface area (Å²) in [6, 6.07) is 1.43. The lowest BCUT2D eigenvalue weighted by Crippen LogP contribution is -2.23. The van der Waals surface area contributed by atoms with Gasteiger partial charge < -0.3 is 15.1 Å². The van der Waals surface area contributed by atoms with E-state index in [0.29, 0.717) is 11.4 Å². The molecule has 0 aliphatic carbocycles. The summed E-state index contributed by atoms with van der Waals surface area (Å²) in [4.78, 5) is 15.8. The summed E-state index contributed by atoms with van der Waals surface area (Å²) in [5.41, 5.74) is 0.590. The van der Waals surface area contributed by atoms with Crippen molar-refractivity contribution in [3.8, 4) is 0 Å². The Kier molecular flexibility index (Phi) is 2.95. The molecule has 1 saturated heterocycles. The van der Waals surface area contributed by atoms with Gasteiger partial charge in [-0.25, -0.2) is 4.98 Å². The van der Waals surface area contributed by atoms with Crippen molar-refractivity contribution in [3.05, 3.63) is 27.9 Å². The number of aryl methyl sites for hydroxylation is 1. The van der Waals surface area contributed by atoms with E-state index < -0.39 is 17.1 Å². The monoisotopic (exact) mass is 239 g/mol. The van der Waals surface area contributed by atoms with Crippen LogP contribution in [-0.4, -0.2) is 45.4 Å². The van der Waals surface area contributed by atoms with Crippen molar-refractivity contribution in [1.82, 2.24) is 4.98 Å². The van der Waals surface area contributed by atoms with Gasteiger partial charge >= 0.3 is 0 Å². The zero-order valence-corrected chi connectivity index (χ0v) is 9.28. The van der Waals surface area contributed by atoms with Crippen molar-refractivity contribution in [2.24, 2.45) is 0 Å². The quantitative estimate of drug-likeness (QED) is 0.549. The molecule has 17 heavy (non-hydrogen) atoms. The molecule has 0 amide bonds. The molecule has 0 spiro atoms. The van der Waals surface area contributed by atoms with E-state index in [9.17, 15) is 20.3 Å². The predicted octanol–water partition coefficient (Wildman–Crippen LogP) is -0.160. The molecule has 1 aromatic rings. The van der Waals surface area contributed by atoms with Crippen LogP contribution in [0.4, 0.5) is 11.5 Å². The molecule has 1 aliphatic heterocycles. The number of hydrogen-bond acceptors (Lipinski definition) is 6. The summed E-state index contributed by atoms with van der Waals surface area (Å²) in [7, 11) is 0. The van der Waals surface area contributed by atoms with Crippen LogP contribution in [0, 0.1) is 17.0 Å². The molecule has 2 heterocycles. The molecule has 0 aromatic carbocycles. The molecule has 2 rings (SSSR count). The van der Waals surface area contributed by atoms with Gasteiger partial charge in [-0.2, -0.15) is 0 Å². The lowest BCUT2D eigenvalue weighted by atomic mass is 10.2. The maximum absolute atomic E-state index is 10.6. The SMILES string of the molecule is Cc1cc([N+](=O)[O-])cnc1N1CC(O)C(O)C1. The van der Waals surface area contributed by atoms with Gasteiger partial charge in [0.25, 0.3) is 5.69 Å². The third kappa shape index (κ3) is 2.20. The second-order valence-corrected chi connectivity index (χ2v) is 4.13. The largest absolute Gasteiger partial charge is 0.389 e. The summed E-state index contributed by atoms with van der Waals surface area (Å²) in [5.74, 6) is 0.561. The van der Waals surface area contributed by atoms with Gasteiger partial charge in [0.1, 0.15) is 12.0 Å². The number of β-amino-alcohol motifs (C(OH)–C–C–N with tert-alkyl or cyclic N) is 2. The molecule has 2 atom stereocenters. The maximum Gasteiger partial charge on any atom is 0.287 e. The number of aliphatic hydroxyl groups is 2. The van der Waals surface area contributed by atoms with Crippen molar-refractivity contribution in [2.75, 3.05) is 18.0 Å². The Bertz CT molecular complexity index is 441. The number of nitro groups is 1. The molecule has 1 aromatic heterocycles. The first-order chi connectivity index (χ1) is 7.99. The Balaban J connectivity index is 2.26. The smallest absolute Gasteiger partial charge is 0.287 e. The molecule has 0 bridgehead atoms. The summed E-state index contributed by atoms with van der Waals surface area (Å²) in [6.07, 6.45) is -0.419. The lowest BCUT2D eigenvalue weighted by Gasteiger charge is -2.18. The summed E-state index contributed by atoms with van der Waals surface area (Å²) in [6.45, 7) is 2.28. The lowest BCUT2D eigenvalue weighted by molar-refractivity contribution is -0.385. The van der Waals surface area contributed by atoms with Gasteiger partial charge in [0.15, 0.2) is 0 Å². The highest BCUT2D eigenvalue weighted by Crippen LogP contribution is 2.24. The van der Waals surface area contributed by atoms with Gasteiger partial charge in [-0.3, -0.25) is 10.1 Å². The average Bonchev–Trinajstić information content (AvgIpc) is 2.58. The van der Waals surface area contributed by atoms with Crippen LogP contribution in [0.3, 0.4) is 0 Å². The van der Waals surface area contributed by atoms with Crippen molar-refractivity contribution in [2.45, 2.75) is 19.1 Å². The fourth-order valence-corrected chi connectivity index (χ4v) is 1.93. The Morgan fingerprint density at radius 3 is 2.53 bits per heavy atom. The second kappa shape index (κ2) is 4.27. The van der Waals surface area contributed by atoms with Gasteiger partial charge in [-0.15, -0.1) is 0 Å². The van der Waals surface area contributed by atoms with E-state index in [-0.39, 0.29) is 18.8 Å². The number of nitrogens with zero attached hydrogens (tertiary/aromatic N) is 3. The van der Waals surface area contributed by atoms with Gasteiger partial charge in [0.2, 0.25) is 0 Å². The second-order valence-electron chi connectivity index (χ2n) is 4.13. The fraction of sp³-hybridized carbons (Fsp3) is 0.500. The van der Waals surface area contributed by atoms with Crippen LogP contribution in [0.1, 0.15) is 5.56 Å². The van der Waals surface area contributed by atoms with E-state index in [1.807, 2.05) is 0 Å². The van der Waals surface area contributed by atoms with Crippen LogP contribution in [0.2, 0.25) is 0 Å². The molecule has 92 valence electrons. The topological polar surface area (TPSA) is 99.7 Å². The maximum atomic E-state index is 10.6. The summed E-state index contributed by atoms with van der Waals surface area (Å²) in [5, 5.41) is 29.4. The highest BCUT2D eigenvalue weighted by Gasteiger charge is 2.31. The molecule has 1 fully saturated rings. The Morgan fingerprint density at radius 1 is 1.47 bits per heavy atom. The summed E-state index contributed by atoms with van der Waals surface area (Å²) >= 11 is 0. The van der Waals surface area contributed by atoms with Crippen LogP contribution in [0.15, 0.2) is 12.3 Å². The van der Waals surface area contributed by atoms with Crippen LogP contribution in [0.25, 0.3) is 0 Å². The Morgan fingerprint density at radius 2 is 2.06 bits per heavy atom. The van der Waals surface area contributed by atoms with Gasteiger partial charge in [-0.1, -0.05) is 0 Å². The van der Waals surface area contributed by atoms with Crippen molar-refractivity contribution >= 4 is 11.5 Å². The molecular weight excluding hydrogens is 226 g/mol. The van der Waals surface area contributed by atoms with Gasteiger partial charge in [-0.05, 0) is 12.5 Å². The van der Waals surface area contributed by atoms with E-state index in [4.69, 9.17) is 0 Å². The van der Waals surface area contributed by atoms with Gasteiger partial charge in [0, 0.05) is 19.2 Å². The molecule has 2 N–H and O–H groups in total. The van der Waals surface area contributed by atoms with Crippen molar-refractivity contribution in [3.63, 3.8) is 0 Å².